The van der Waals surface area contributed by atoms with Crippen LogP contribution in [-0.2, 0) is 24.1 Å². The molecule has 0 aromatic carbocycles. The Labute approximate surface area is 157 Å². The molecule has 0 bridgehead atoms. The van der Waals surface area contributed by atoms with Gasteiger partial charge in [0.05, 0.1) is 23.7 Å². The summed E-state index contributed by atoms with van der Waals surface area (Å²) < 4.78 is 33.0. The van der Waals surface area contributed by atoms with Gasteiger partial charge in [-0.05, 0) is 39.7 Å². The maximum Gasteiger partial charge on any atom is 0.355 e. The van der Waals surface area contributed by atoms with Crippen molar-refractivity contribution in [2.45, 2.75) is 46.3 Å². The zero-order valence-corrected chi connectivity index (χ0v) is 16.6. The highest BCUT2D eigenvalue weighted by Crippen LogP contribution is 2.20. The van der Waals surface area contributed by atoms with Crippen molar-refractivity contribution in [1.82, 2.24) is 10.3 Å². The third-order valence-electron chi connectivity index (χ3n) is 4.35. The quantitative estimate of drug-likeness (QED) is 0.670. The molecule has 1 aromatic rings. The lowest BCUT2D eigenvalue weighted by Crippen LogP contribution is -2.42. The Bertz CT molecular complexity index is 857. The number of carbonyl (C=O) groups excluding carboxylic acids is 3. The highest BCUT2D eigenvalue weighted by molar-refractivity contribution is 7.91. The van der Waals surface area contributed by atoms with Gasteiger partial charge in [-0.25, -0.2) is 18.0 Å². The fourth-order valence-corrected chi connectivity index (χ4v) is 4.64. The van der Waals surface area contributed by atoms with E-state index in [2.05, 4.69) is 10.3 Å². The summed E-state index contributed by atoms with van der Waals surface area (Å²) in [4.78, 5) is 39.4. The zero-order chi connectivity index (χ0) is 20.4. The van der Waals surface area contributed by atoms with E-state index in [9.17, 15) is 22.8 Å². The van der Waals surface area contributed by atoms with E-state index in [1.165, 1.54) is 6.92 Å². The Kier molecular flexibility index (Phi) is 6.30. The highest BCUT2D eigenvalue weighted by Gasteiger charge is 2.31. The largest absolute Gasteiger partial charge is 0.461 e. The van der Waals surface area contributed by atoms with Crippen molar-refractivity contribution >= 4 is 27.7 Å². The molecule has 1 amide bonds. The number of ether oxygens (including phenoxy) is 2. The first-order valence-electron chi connectivity index (χ1n) is 8.63. The van der Waals surface area contributed by atoms with Gasteiger partial charge in [-0.15, -0.1) is 0 Å². The molecule has 1 fully saturated rings. The summed E-state index contributed by atoms with van der Waals surface area (Å²) in [7, 11) is -3.12. The van der Waals surface area contributed by atoms with Crippen LogP contribution in [0.15, 0.2) is 0 Å². The number of aromatic nitrogens is 1. The van der Waals surface area contributed by atoms with Crippen LogP contribution in [0.1, 0.15) is 52.4 Å². The fraction of sp³-hybridized carbons (Fsp3) is 0.588. The lowest BCUT2D eigenvalue weighted by Gasteiger charge is -2.16. The number of carbonyl (C=O) groups is 3. The minimum Gasteiger partial charge on any atom is -0.461 e. The topological polar surface area (TPSA) is 132 Å². The second-order valence-corrected chi connectivity index (χ2v) is 8.73. The molecule has 0 unspecified atom stereocenters. The van der Waals surface area contributed by atoms with Crippen molar-refractivity contribution in [2.75, 3.05) is 18.1 Å². The maximum absolute atomic E-state index is 12.5. The van der Waals surface area contributed by atoms with Crippen LogP contribution in [0, 0.1) is 13.8 Å². The molecule has 1 aliphatic heterocycles. The molecule has 10 heteroatoms. The molecule has 2 N–H and O–H groups in total. The molecule has 1 saturated heterocycles. The van der Waals surface area contributed by atoms with Crippen LogP contribution in [-0.4, -0.2) is 61.5 Å². The molecule has 1 aliphatic rings. The summed E-state index contributed by atoms with van der Waals surface area (Å²) >= 11 is 0. The molecule has 150 valence electrons. The molecule has 0 saturated carbocycles. The Morgan fingerprint density at radius 3 is 2.48 bits per heavy atom. The van der Waals surface area contributed by atoms with Gasteiger partial charge < -0.3 is 19.8 Å². The van der Waals surface area contributed by atoms with Gasteiger partial charge in [0, 0.05) is 11.7 Å². The van der Waals surface area contributed by atoms with E-state index in [1.807, 2.05) is 0 Å². The van der Waals surface area contributed by atoms with Gasteiger partial charge in [0.1, 0.15) is 5.69 Å². The van der Waals surface area contributed by atoms with E-state index in [0.717, 1.165) is 0 Å². The molecule has 9 nitrogen and oxygen atoms in total. The Hall–Kier alpha value is -2.36. The van der Waals surface area contributed by atoms with Crippen LogP contribution < -0.4 is 5.32 Å². The lowest BCUT2D eigenvalue weighted by atomic mass is 10.1. The van der Waals surface area contributed by atoms with Gasteiger partial charge in [0.2, 0.25) is 0 Å². The molecule has 1 aromatic heterocycles. The van der Waals surface area contributed by atoms with Crippen molar-refractivity contribution in [3.05, 3.63) is 22.5 Å². The summed E-state index contributed by atoms with van der Waals surface area (Å²) in [6.45, 7) is 6.47. The van der Waals surface area contributed by atoms with E-state index in [4.69, 9.17) is 9.47 Å². The van der Waals surface area contributed by atoms with Gasteiger partial charge in [-0.1, -0.05) is 0 Å². The molecule has 2 rings (SSSR count). The number of rotatable bonds is 6. The van der Waals surface area contributed by atoms with Crippen molar-refractivity contribution in [2.24, 2.45) is 0 Å². The zero-order valence-electron chi connectivity index (χ0n) is 15.7. The van der Waals surface area contributed by atoms with E-state index >= 15 is 0 Å². The Morgan fingerprint density at radius 1 is 1.26 bits per heavy atom. The van der Waals surface area contributed by atoms with E-state index < -0.39 is 39.8 Å². The Morgan fingerprint density at radius 2 is 1.93 bits per heavy atom. The normalized spacial score (nSPS) is 19.3. The van der Waals surface area contributed by atoms with Gasteiger partial charge in [0.25, 0.3) is 5.91 Å². The van der Waals surface area contributed by atoms with Crippen molar-refractivity contribution in [3.8, 4) is 0 Å². The third kappa shape index (κ3) is 4.88. The molecule has 0 spiro atoms. The van der Waals surface area contributed by atoms with Crippen molar-refractivity contribution in [3.63, 3.8) is 0 Å². The van der Waals surface area contributed by atoms with Crippen LogP contribution in [0.2, 0.25) is 0 Å². The first kappa shape index (κ1) is 20.9. The number of amides is 1. The highest BCUT2D eigenvalue weighted by atomic mass is 32.2. The molecular weight excluding hydrogens is 376 g/mol. The summed E-state index contributed by atoms with van der Waals surface area (Å²) in [6.07, 6.45) is -0.770. The number of sulfone groups is 1. The van der Waals surface area contributed by atoms with Crippen LogP contribution in [0.25, 0.3) is 0 Å². The minimum atomic E-state index is -3.12. The smallest absolute Gasteiger partial charge is 0.355 e. The first-order valence-corrected chi connectivity index (χ1v) is 10.5. The van der Waals surface area contributed by atoms with Gasteiger partial charge in [-0.3, -0.25) is 4.79 Å². The van der Waals surface area contributed by atoms with E-state index in [0.29, 0.717) is 17.7 Å². The lowest BCUT2D eigenvalue weighted by molar-refractivity contribution is -0.129. The number of nitrogens with one attached hydrogen (secondary N) is 2. The number of esters is 2. The molecule has 27 heavy (non-hydrogen) atoms. The second kappa shape index (κ2) is 8.12. The van der Waals surface area contributed by atoms with Gasteiger partial charge in [-0.2, -0.15) is 0 Å². The number of aromatic amines is 1. The average molecular weight is 400 g/mol. The second-order valence-electron chi connectivity index (χ2n) is 6.50. The number of H-pyrrole nitrogens is 1. The van der Waals surface area contributed by atoms with E-state index in [1.54, 1.807) is 20.8 Å². The summed E-state index contributed by atoms with van der Waals surface area (Å²) in [6, 6.07) is -0.477. The summed E-state index contributed by atoms with van der Waals surface area (Å²) in [5.74, 6) is -1.98. The van der Waals surface area contributed by atoms with Crippen LogP contribution in [0.5, 0.6) is 0 Å². The number of hydrogen-bond acceptors (Lipinski definition) is 7. The molecule has 0 aliphatic carbocycles. The molecule has 2 atom stereocenters. The average Bonchev–Trinajstić information content (AvgIpc) is 3.05. The third-order valence-corrected chi connectivity index (χ3v) is 6.12. The summed E-state index contributed by atoms with van der Waals surface area (Å²) in [5.41, 5.74) is 1.14. The van der Waals surface area contributed by atoms with Crippen LogP contribution in [0.4, 0.5) is 0 Å². The fourth-order valence-electron chi connectivity index (χ4n) is 2.96. The maximum atomic E-state index is 12.5. The number of hydrogen-bond donors (Lipinski definition) is 2. The minimum absolute atomic E-state index is 0.0322. The van der Waals surface area contributed by atoms with Gasteiger partial charge >= 0.3 is 11.9 Å². The standard InChI is InChI=1S/C17H24N2O7S/c1-5-25-17(22)14-9(2)13(10(3)18-14)16(21)26-11(4)15(20)19-12-6-7-27(23,24)8-12/h11-12,18H,5-8H2,1-4H3,(H,19,20)/t11-,12-/m1/s1. The van der Waals surface area contributed by atoms with Gasteiger partial charge in [0.15, 0.2) is 15.9 Å². The van der Waals surface area contributed by atoms with E-state index in [-0.39, 0.29) is 29.4 Å². The van der Waals surface area contributed by atoms with Crippen molar-refractivity contribution < 1.29 is 32.3 Å². The monoisotopic (exact) mass is 400 g/mol. The summed E-state index contributed by atoms with van der Waals surface area (Å²) in [5, 5.41) is 2.58. The first-order chi connectivity index (χ1) is 12.6. The molecule has 0 radical (unpaired) electrons. The SMILES string of the molecule is CCOC(=O)c1[nH]c(C)c(C(=O)O[C@H](C)C(=O)N[C@@H]2CCS(=O)(=O)C2)c1C. The predicted octanol–water partition coefficient (Wildman–Crippen LogP) is 0.657. The van der Waals surface area contributed by atoms with Crippen LogP contribution in [0.3, 0.4) is 0 Å². The Balaban J connectivity index is 2.04. The molecular formula is C17H24N2O7S. The number of aryl methyl sites for hydroxylation is 1. The predicted molar refractivity (Wildman–Crippen MR) is 96.3 cm³/mol. The van der Waals surface area contributed by atoms with Crippen LogP contribution >= 0.6 is 0 Å². The van der Waals surface area contributed by atoms with Crippen molar-refractivity contribution in [1.29, 1.82) is 0 Å². The molecule has 2 heterocycles.